The van der Waals surface area contributed by atoms with Crippen LogP contribution in [0.15, 0.2) is 60.1 Å². The standard InChI is InChI=1S/C23H20N4O3S/c28-19(25-17-9-7-16(8-10-17)20-24-12-13-31-20)14-27-21(29)23(26-22(27)30)11-3-5-15-4-1-2-6-18(15)23/h1-2,4,6-10,12-13H,3,5,11,14H2,(H,25,28)(H,26,30)/t23-/m0/s1. The molecule has 1 aromatic heterocycles. The molecule has 2 heterocycles. The molecule has 2 N–H and O–H groups in total. The van der Waals surface area contributed by atoms with Crippen LogP contribution in [0.2, 0.25) is 0 Å². The number of aromatic nitrogens is 1. The first kappa shape index (κ1) is 19.4. The molecule has 0 unspecified atom stereocenters. The zero-order chi connectivity index (χ0) is 21.4. The van der Waals surface area contributed by atoms with E-state index in [1.165, 1.54) is 11.3 Å². The van der Waals surface area contributed by atoms with Crippen molar-refractivity contribution in [2.75, 3.05) is 11.9 Å². The minimum Gasteiger partial charge on any atom is -0.325 e. The number of thiazole rings is 1. The molecule has 7 nitrogen and oxygen atoms in total. The molecule has 2 aliphatic rings. The Morgan fingerprint density at radius 3 is 2.74 bits per heavy atom. The van der Waals surface area contributed by atoms with Crippen molar-refractivity contribution in [1.82, 2.24) is 15.2 Å². The number of nitrogens with zero attached hydrogens (tertiary/aromatic N) is 2. The predicted molar refractivity (Wildman–Crippen MR) is 117 cm³/mol. The third kappa shape index (κ3) is 3.38. The number of fused-ring (bicyclic) bond motifs is 2. The second-order valence-electron chi connectivity index (χ2n) is 7.70. The molecular formula is C23H20N4O3S. The van der Waals surface area contributed by atoms with Crippen molar-refractivity contribution < 1.29 is 14.4 Å². The largest absolute Gasteiger partial charge is 0.325 e. The van der Waals surface area contributed by atoms with Crippen molar-refractivity contribution in [2.45, 2.75) is 24.8 Å². The molecule has 0 radical (unpaired) electrons. The predicted octanol–water partition coefficient (Wildman–Crippen LogP) is 3.53. The van der Waals surface area contributed by atoms with Crippen LogP contribution >= 0.6 is 11.3 Å². The highest BCUT2D eigenvalue weighted by Crippen LogP contribution is 2.39. The number of imide groups is 1. The number of carbonyl (C=O) groups is 3. The maximum absolute atomic E-state index is 13.3. The Hall–Kier alpha value is -3.52. The summed E-state index contributed by atoms with van der Waals surface area (Å²) in [7, 11) is 0. The number of hydrogen-bond acceptors (Lipinski definition) is 5. The van der Waals surface area contributed by atoms with Gasteiger partial charge < -0.3 is 10.6 Å². The highest BCUT2D eigenvalue weighted by molar-refractivity contribution is 7.13. The van der Waals surface area contributed by atoms with E-state index >= 15 is 0 Å². The fourth-order valence-corrected chi connectivity index (χ4v) is 5.01. The van der Waals surface area contributed by atoms with Gasteiger partial charge in [-0.15, -0.1) is 11.3 Å². The maximum atomic E-state index is 13.3. The molecule has 31 heavy (non-hydrogen) atoms. The molecule has 1 atom stereocenters. The Bertz CT molecular complexity index is 1160. The summed E-state index contributed by atoms with van der Waals surface area (Å²) >= 11 is 1.54. The molecule has 1 fully saturated rings. The first-order valence-electron chi connectivity index (χ1n) is 10.1. The minimum absolute atomic E-state index is 0.331. The normalized spacial score (nSPS) is 19.9. The number of anilines is 1. The van der Waals surface area contributed by atoms with Crippen LogP contribution in [0.4, 0.5) is 10.5 Å². The van der Waals surface area contributed by atoms with Gasteiger partial charge in [-0.1, -0.05) is 24.3 Å². The lowest BCUT2D eigenvalue weighted by atomic mass is 9.76. The van der Waals surface area contributed by atoms with Crippen LogP contribution in [0, 0.1) is 0 Å². The van der Waals surface area contributed by atoms with Crippen molar-refractivity contribution in [3.8, 4) is 10.6 Å². The number of nitrogens with one attached hydrogen (secondary N) is 2. The van der Waals surface area contributed by atoms with Gasteiger partial charge in [0.25, 0.3) is 5.91 Å². The van der Waals surface area contributed by atoms with Gasteiger partial charge in [0, 0.05) is 22.8 Å². The lowest BCUT2D eigenvalue weighted by Gasteiger charge is -2.33. The van der Waals surface area contributed by atoms with Gasteiger partial charge in [-0.3, -0.25) is 14.5 Å². The van der Waals surface area contributed by atoms with Crippen LogP contribution in [-0.4, -0.2) is 34.3 Å². The summed E-state index contributed by atoms with van der Waals surface area (Å²) in [5.41, 5.74) is 2.38. The van der Waals surface area contributed by atoms with Crippen LogP contribution in [-0.2, 0) is 21.5 Å². The maximum Gasteiger partial charge on any atom is 0.325 e. The first-order chi connectivity index (χ1) is 15.1. The van der Waals surface area contributed by atoms with E-state index in [2.05, 4.69) is 15.6 Å². The molecule has 0 saturated carbocycles. The van der Waals surface area contributed by atoms with E-state index in [9.17, 15) is 14.4 Å². The Kier molecular flexibility index (Phi) is 4.78. The fraction of sp³-hybridized carbons (Fsp3) is 0.217. The van der Waals surface area contributed by atoms with E-state index in [0.29, 0.717) is 12.1 Å². The Balaban J connectivity index is 1.30. The smallest absolute Gasteiger partial charge is 0.325 e. The van der Waals surface area contributed by atoms with E-state index in [1.54, 1.807) is 18.3 Å². The number of hydrogen-bond donors (Lipinski definition) is 2. The summed E-state index contributed by atoms with van der Waals surface area (Å²) in [6.07, 6.45) is 3.95. The van der Waals surface area contributed by atoms with Crippen LogP contribution in [0.25, 0.3) is 10.6 Å². The molecule has 1 spiro atoms. The van der Waals surface area contributed by atoms with Gasteiger partial charge in [0.05, 0.1) is 0 Å². The van der Waals surface area contributed by atoms with Crippen molar-refractivity contribution in [3.05, 3.63) is 71.2 Å². The van der Waals surface area contributed by atoms with Crippen LogP contribution in [0.1, 0.15) is 24.0 Å². The molecule has 2 aromatic carbocycles. The molecule has 1 saturated heterocycles. The van der Waals surface area contributed by atoms with Gasteiger partial charge in [0.2, 0.25) is 5.91 Å². The summed E-state index contributed by atoms with van der Waals surface area (Å²) in [6.45, 7) is -0.331. The fourth-order valence-electron chi connectivity index (χ4n) is 4.36. The van der Waals surface area contributed by atoms with E-state index in [1.807, 2.05) is 41.8 Å². The SMILES string of the molecule is O=C(CN1C(=O)N[C@]2(CCCc3ccccc32)C1=O)Nc1ccc(-c2nccs2)cc1. The summed E-state index contributed by atoms with van der Waals surface area (Å²) < 4.78 is 0. The topological polar surface area (TPSA) is 91.4 Å². The summed E-state index contributed by atoms with van der Waals surface area (Å²) in [5.74, 6) is -0.787. The first-order valence-corrected chi connectivity index (χ1v) is 11.0. The Morgan fingerprint density at radius 1 is 1.16 bits per heavy atom. The lowest BCUT2D eigenvalue weighted by Crippen LogP contribution is -2.47. The van der Waals surface area contributed by atoms with Crippen molar-refractivity contribution in [2.24, 2.45) is 0 Å². The molecule has 8 heteroatoms. The average Bonchev–Trinajstić information content (AvgIpc) is 3.39. The minimum atomic E-state index is -1.07. The van der Waals surface area contributed by atoms with Gasteiger partial charge in [-0.05, 0) is 54.7 Å². The zero-order valence-electron chi connectivity index (χ0n) is 16.6. The van der Waals surface area contributed by atoms with E-state index in [0.717, 1.165) is 39.4 Å². The van der Waals surface area contributed by atoms with Gasteiger partial charge in [0.15, 0.2) is 0 Å². The van der Waals surface area contributed by atoms with Gasteiger partial charge >= 0.3 is 6.03 Å². The number of rotatable bonds is 4. The number of benzene rings is 2. The molecule has 4 amide bonds. The van der Waals surface area contributed by atoms with Crippen LogP contribution < -0.4 is 10.6 Å². The number of aryl methyl sites for hydroxylation is 1. The average molecular weight is 433 g/mol. The third-order valence-electron chi connectivity index (χ3n) is 5.80. The lowest BCUT2D eigenvalue weighted by molar-refractivity contribution is -0.134. The third-order valence-corrected chi connectivity index (χ3v) is 6.62. The van der Waals surface area contributed by atoms with Gasteiger partial charge in [-0.2, -0.15) is 0 Å². The highest BCUT2D eigenvalue weighted by atomic mass is 32.1. The zero-order valence-corrected chi connectivity index (χ0v) is 17.4. The summed E-state index contributed by atoms with van der Waals surface area (Å²) in [4.78, 5) is 43.8. The second kappa shape index (κ2) is 7.63. The second-order valence-corrected chi connectivity index (χ2v) is 8.59. The summed E-state index contributed by atoms with van der Waals surface area (Å²) in [6, 6.07) is 14.4. The molecular weight excluding hydrogens is 412 g/mol. The highest BCUT2D eigenvalue weighted by Gasteiger charge is 2.54. The van der Waals surface area contributed by atoms with Crippen molar-refractivity contribution in [3.63, 3.8) is 0 Å². The quantitative estimate of drug-likeness (QED) is 0.617. The monoisotopic (exact) mass is 432 g/mol. The number of amides is 4. The molecule has 1 aliphatic heterocycles. The Labute approximate surface area is 183 Å². The molecule has 1 aliphatic carbocycles. The van der Waals surface area contributed by atoms with Crippen LogP contribution in [0.3, 0.4) is 0 Å². The molecule has 5 rings (SSSR count). The van der Waals surface area contributed by atoms with Crippen molar-refractivity contribution >= 4 is 34.9 Å². The van der Waals surface area contributed by atoms with Gasteiger partial charge in [-0.25, -0.2) is 9.78 Å². The van der Waals surface area contributed by atoms with E-state index in [-0.39, 0.29) is 12.5 Å². The van der Waals surface area contributed by atoms with Crippen LogP contribution in [0.5, 0.6) is 0 Å². The van der Waals surface area contributed by atoms with Crippen molar-refractivity contribution in [1.29, 1.82) is 0 Å². The van der Waals surface area contributed by atoms with Gasteiger partial charge in [0.1, 0.15) is 17.1 Å². The summed E-state index contributed by atoms with van der Waals surface area (Å²) in [5, 5.41) is 8.43. The number of urea groups is 1. The van der Waals surface area contributed by atoms with E-state index < -0.39 is 17.5 Å². The Morgan fingerprint density at radius 2 is 1.97 bits per heavy atom. The van der Waals surface area contributed by atoms with E-state index in [4.69, 9.17) is 0 Å². The molecule has 3 aromatic rings. The molecule has 156 valence electrons. The molecule has 0 bridgehead atoms. The number of carbonyl (C=O) groups excluding carboxylic acids is 3.